The Morgan fingerprint density at radius 1 is 1.10 bits per heavy atom. The van der Waals surface area contributed by atoms with Crippen LogP contribution in [-0.4, -0.2) is 72.1 Å². The van der Waals surface area contributed by atoms with Crippen LogP contribution in [0.15, 0.2) is 78.2 Å². The molecule has 0 amide bonds. The van der Waals surface area contributed by atoms with E-state index in [9.17, 15) is 5.11 Å². The van der Waals surface area contributed by atoms with Crippen molar-refractivity contribution in [1.82, 2.24) is 19.4 Å². The molecule has 3 heterocycles. The minimum absolute atomic E-state index is 0.161. The minimum atomic E-state index is -2.75. The van der Waals surface area contributed by atoms with Gasteiger partial charge in [-0.2, -0.15) is 0 Å². The van der Waals surface area contributed by atoms with Crippen LogP contribution < -0.4 is 10.4 Å². The number of ether oxygens (including phenoxy) is 1. The molecule has 4 aromatic rings. The van der Waals surface area contributed by atoms with Gasteiger partial charge in [0.25, 0.3) is 8.32 Å². The van der Waals surface area contributed by atoms with Crippen LogP contribution in [0.1, 0.15) is 33.4 Å². The molecule has 1 aliphatic heterocycles. The quantitative estimate of drug-likeness (QED) is 0.129. The van der Waals surface area contributed by atoms with Gasteiger partial charge in [-0.05, 0) is 38.0 Å². The second-order valence-corrected chi connectivity index (χ2v) is 16.9. The molecular formula is C30H36IN5O3Si. The highest BCUT2D eigenvalue weighted by atomic mass is 127. The normalized spacial score (nSPS) is 20.0. The molecule has 5 rings (SSSR count). The van der Waals surface area contributed by atoms with E-state index in [1.165, 1.54) is 16.7 Å². The summed E-state index contributed by atoms with van der Waals surface area (Å²) in [7, 11) is 1.08. The Hall–Kier alpha value is -2.64. The van der Waals surface area contributed by atoms with Crippen molar-refractivity contribution in [2.24, 2.45) is 4.99 Å². The predicted octanol–water partition coefficient (Wildman–Crippen LogP) is 4.48. The highest BCUT2D eigenvalue weighted by Crippen LogP contribution is 2.39. The average molecular weight is 670 g/mol. The number of hydrogen-bond donors (Lipinski definition) is 1. The van der Waals surface area contributed by atoms with Gasteiger partial charge in [-0.25, -0.2) is 15.0 Å². The molecule has 40 heavy (non-hydrogen) atoms. The standard InChI is InChI=1S/C30H36IN5O3Si/c1-30(2,3)40(21-12-8-6-9-13-21,22-14-10-7-11-15-22)38-18-25-24(37)16-26(39-25)36-17-23(31)27-28(34-20-35(4)5)32-19-33-29(27)36/h6-15,17,19-20,24-26,37H,16,18H2,1-5H3/b34-20+/t24?,25-,26-/m1/s1. The Kier molecular flexibility index (Phi) is 8.44. The van der Waals surface area contributed by atoms with Gasteiger partial charge in [-0.3, -0.25) is 0 Å². The third kappa shape index (κ3) is 5.47. The third-order valence-corrected chi connectivity index (χ3v) is 13.2. The molecule has 0 aliphatic carbocycles. The highest BCUT2D eigenvalue weighted by molar-refractivity contribution is 14.1. The topological polar surface area (TPSA) is 85.0 Å². The van der Waals surface area contributed by atoms with Crippen LogP contribution >= 0.6 is 22.6 Å². The Morgan fingerprint density at radius 2 is 1.73 bits per heavy atom. The lowest BCUT2D eigenvalue weighted by molar-refractivity contribution is -0.0397. The Labute approximate surface area is 250 Å². The number of rotatable bonds is 8. The lowest BCUT2D eigenvalue weighted by atomic mass is 10.2. The summed E-state index contributed by atoms with van der Waals surface area (Å²) in [6.07, 6.45) is 4.15. The fraction of sp³-hybridized carbons (Fsp3) is 0.367. The molecule has 1 N–H and O–H groups in total. The summed E-state index contributed by atoms with van der Waals surface area (Å²) in [4.78, 5) is 15.3. The van der Waals surface area contributed by atoms with Crippen molar-refractivity contribution in [2.45, 2.75) is 50.7 Å². The van der Waals surface area contributed by atoms with Gasteiger partial charge in [0.05, 0.1) is 24.4 Å². The molecule has 3 atom stereocenters. The fourth-order valence-corrected chi connectivity index (χ4v) is 10.9. The molecule has 0 radical (unpaired) electrons. The van der Waals surface area contributed by atoms with Gasteiger partial charge in [0, 0.05) is 30.3 Å². The molecule has 0 saturated carbocycles. The Morgan fingerprint density at radius 3 is 2.30 bits per heavy atom. The summed E-state index contributed by atoms with van der Waals surface area (Å²) < 4.78 is 16.5. The maximum atomic E-state index is 11.2. The van der Waals surface area contributed by atoms with Crippen molar-refractivity contribution >= 4 is 64.5 Å². The highest BCUT2D eigenvalue weighted by Gasteiger charge is 2.51. The number of aliphatic hydroxyl groups excluding tert-OH is 1. The van der Waals surface area contributed by atoms with Crippen LogP contribution in [0.5, 0.6) is 0 Å². The van der Waals surface area contributed by atoms with Crippen LogP contribution in [0.2, 0.25) is 5.04 Å². The number of halogens is 1. The molecule has 1 saturated heterocycles. The van der Waals surface area contributed by atoms with Gasteiger partial charge >= 0.3 is 0 Å². The first-order chi connectivity index (χ1) is 19.1. The first-order valence-electron chi connectivity index (χ1n) is 13.4. The number of fused-ring (bicyclic) bond motifs is 1. The molecule has 2 aromatic carbocycles. The van der Waals surface area contributed by atoms with Crippen molar-refractivity contribution in [2.75, 3.05) is 20.7 Å². The maximum Gasteiger partial charge on any atom is 0.261 e. The molecule has 210 valence electrons. The van der Waals surface area contributed by atoms with E-state index < -0.39 is 20.5 Å². The number of aliphatic imine (C=N–C) groups is 1. The van der Waals surface area contributed by atoms with E-state index in [1.54, 1.807) is 6.34 Å². The molecule has 2 aromatic heterocycles. The van der Waals surface area contributed by atoms with Crippen molar-refractivity contribution < 1.29 is 14.3 Å². The van der Waals surface area contributed by atoms with Crippen molar-refractivity contribution in [3.63, 3.8) is 0 Å². The van der Waals surface area contributed by atoms with Gasteiger partial charge in [0.2, 0.25) is 0 Å². The van der Waals surface area contributed by atoms with E-state index in [1.807, 2.05) is 41.9 Å². The lowest BCUT2D eigenvalue weighted by Crippen LogP contribution is -2.67. The van der Waals surface area contributed by atoms with Gasteiger partial charge in [0.1, 0.15) is 24.3 Å². The molecule has 1 unspecified atom stereocenters. The number of hydrogen-bond acceptors (Lipinski definition) is 6. The Bertz CT molecular complexity index is 1430. The van der Waals surface area contributed by atoms with E-state index >= 15 is 0 Å². The summed E-state index contributed by atoms with van der Waals surface area (Å²) in [5.41, 5.74) is 0.732. The summed E-state index contributed by atoms with van der Waals surface area (Å²) in [6, 6.07) is 21.0. The van der Waals surface area contributed by atoms with Crippen LogP contribution in [0.3, 0.4) is 0 Å². The maximum absolute atomic E-state index is 11.2. The zero-order valence-electron chi connectivity index (χ0n) is 23.5. The number of benzene rings is 2. The van der Waals surface area contributed by atoms with Crippen molar-refractivity contribution in [3.05, 3.63) is 76.8 Å². The average Bonchev–Trinajstić information content (AvgIpc) is 3.47. The SMILES string of the molecule is CN(C)/C=N/c1ncnc2c1c(I)cn2[C@H]1CC(O)[C@@H](CO[Si](c2ccccc2)(c2ccccc2)C(C)(C)C)O1. The Balaban J connectivity index is 1.44. The molecule has 1 fully saturated rings. The summed E-state index contributed by atoms with van der Waals surface area (Å²) >= 11 is 2.28. The molecule has 0 bridgehead atoms. The van der Waals surface area contributed by atoms with Crippen LogP contribution in [-0.2, 0) is 9.16 Å². The molecule has 8 nitrogen and oxygen atoms in total. The smallest absolute Gasteiger partial charge is 0.261 e. The van der Waals surface area contributed by atoms with Gasteiger partial charge in [-0.1, -0.05) is 81.4 Å². The summed E-state index contributed by atoms with van der Waals surface area (Å²) in [5, 5.41) is 14.3. The molecule has 0 spiro atoms. The second-order valence-electron chi connectivity index (χ2n) is 11.4. The fourth-order valence-electron chi connectivity index (χ4n) is 5.52. The van der Waals surface area contributed by atoms with Crippen molar-refractivity contribution in [1.29, 1.82) is 0 Å². The third-order valence-electron chi connectivity index (χ3n) is 7.35. The van der Waals surface area contributed by atoms with Crippen molar-refractivity contribution in [3.8, 4) is 0 Å². The van der Waals surface area contributed by atoms with E-state index in [4.69, 9.17) is 9.16 Å². The first-order valence-corrected chi connectivity index (χ1v) is 16.4. The first kappa shape index (κ1) is 28.9. The molecular weight excluding hydrogens is 633 g/mol. The number of aromatic nitrogens is 3. The zero-order valence-corrected chi connectivity index (χ0v) is 26.7. The van der Waals surface area contributed by atoms with Crippen LogP contribution in [0, 0.1) is 3.57 Å². The monoisotopic (exact) mass is 669 g/mol. The number of aliphatic hydroxyl groups is 1. The van der Waals surface area contributed by atoms with Crippen LogP contribution in [0.4, 0.5) is 5.82 Å². The lowest BCUT2D eigenvalue weighted by Gasteiger charge is -2.43. The van der Waals surface area contributed by atoms with Gasteiger partial charge in [-0.15, -0.1) is 0 Å². The van der Waals surface area contributed by atoms with Gasteiger partial charge < -0.3 is 23.7 Å². The zero-order chi connectivity index (χ0) is 28.5. The minimum Gasteiger partial charge on any atom is -0.405 e. The van der Waals surface area contributed by atoms with E-state index in [-0.39, 0.29) is 17.9 Å². The van der Waals surface area contributed by atoms with Gasteiger partial charge in [0.15, 0.2) is 5.82 Å². The number of nitrogens with zero attached hydrogens (tertiary/aromatic N) is 5. The predicted molar refractivity (Wildman–Crippen MR) is 170 cm³/mol. The summed E-state index contributed by atoms with van der Waals surface area (Å²) in [5.74, 6) is 0.604. The van der Waals surface area contributed by atoms with Crippen LogP contribution in [0.25, 0.3) is 11.0 Å². The van der Waals surface area contributed by atoms with E-state index in [0.29, 0.717) is 12.2 Å². The second kappa shape index (κ2) is 11.7. The summed E-state index contributed by atoms with van der Waals surface area (Å²) in [6.45, 7) is 7.03. The molecule has 1 aliphatic rings. The van der Waals surface area contributed by atoms with E-state index in [2.05, 4.69) is 107 Å². The molecule has 10 heteroatoms. The van der Waals surface area contributed by atoms with E-state index in [0.717, 1.165) is 14.6 Å². The largest absolute Gasteiger partial charge is 0.405 e.